The number of ketones is 1. The molecule has 0 radical (unpaired) electrons. The quantitative estimate of drug-likeness (QED) is 0.139. The SMILES string of the molecule is C=CCOc1ccc(/C(O)=C2\C(=O)C(=O)N(CCCN3CCOCC3)C2c2ccc(OCCC(C)C)c(OC)c2)cc1C. The van der Waals surface area contributed by atoms with E-state index in [1.165, 1.54) is 0 Å². The summed E-state index contributed by atoms with van der Waals surface area (Å²) in [6, 6.07) is 9.83. The Morgan fingerprint density at radius 3 is 2.49 bits per heavy atom. The lowest BCUT2D eigenvalue weighted by Gasteiger charge is -2.29. The number of methoxy groups -OCH3 is 1. The topological polar surface area (TPSA) is 97.8 Å². The number of carbonyl (C=O) groups excluding carboxylic acids is 2. The Morgan fingerprint density at radius 1 is 1.07 bits per heavy atom. The monoisotopic (exact) mass is 592 g/mol. The molecule has 1 atom stereocenters. The van der Waals surface area contributed by atoms with E-state index in [1.54, 1.807) is 48.4 Å². The zero-order chi connectivity index (χ0) is 30.9. The van der Waals surface area contributed by atoms with Gasteiger partial charge in [0.05, 0.1) is 38.5 Å². The van der Waals surface area contributed by atoms with Gasteiger partial charge in [-0.25, -0.2) is 0 Å². The van der Waals surface area contributed by atoms with Crippen LogP contribution >= 0.6 is 0 Å². The third-order valence-corrected chi connectivity index (χ3v) is 7.78. The summed E-state index contributed by atoms with van der Waals surface area (Å²) in [4.78, 5) is 30.9. The van der Waals surface area contributed by atoms with E-state index in [4.69, 9.17) is 18.9 Å². The molecule has 4 rings (SSSR count). The third kappa shape index (κ3) is 7.77. The summed E-state index contributed by atoms with van der Waals surface area (Å²) >= 11 is 0. The van der Waals surface area contributed by atoms with Crippen molar-refractivity contribution in [1.29, 1.82) is 0 Å². The predicted molar refractivity (Wildman–Crippen MR) is 166 cm³/mol. The highest BCUT2D eigenvalue weighted by atomic mass is 16.5. The first-order valence-electron chi connectivity index (χ1n) is 15.0. The second-order valence-electron chi connectivity index (χ2n) is 11.3. The Bertz CT molecular complexity index is 1330. The number of aryl methyl sites for hydroxylation is 1. The number of ether oxygens (including phenoxy) is 4. The fourth-order valence-electron chi connectivity index (χ4n) is 5.39. The van der Waals surface area contributed by atoms with Gasteiger partial charge in [0.1, 0.15) is 18.1 Å². The van der Waals surface area contributed by atoms with E-state index in [9.17, 15) is 14.7 Å². The highest BCUT2D eigenvalue weighted by Crippen LogP contribution is 2.42. The minimum atomic E-state index is -0.791. The van der Waals surface area contributed by atoms with Crippen LogP contribution in [0.4, 0.5) is 0 Å². The van der Waals surface area contributed by atoms with E-state index in [0.717, 1.165) is 31.6 Å². The first-order valence-corrected chi connectivity index (χ1v) is 15.0. The van der Waals surface area contributed by atoms with Crippen LogP contribution in [0.15, 0.2) is 54.6 Å². The summed E-state index contributed by atoms with van der Waals surface area (Å²) in [5.41, 5.74) is 1.92. The Labute approximate surface area is 254 Å². The van der Waals surface area contributed by atoms with E-state index >= 15 is 0 Å². The zero-order valence-corrected chi connectivity index (χ0v) is 25.8. The van der Waals surface area contributed by atoms with Crippen LogP contribution in [-0.2, 0) is 14.3 Å². The molecule has 1 N–H and O–H groups in total. The Balaban J connectivity index is 1.70. The lowest BCUT2D eigenvalue weighted by Crippen LogP contribution is -2.39. The normalized spacial score (nSPS) is 18.7. The fraction of sp³-hybridized carbons (Fsp3) is 0.471. The van der Waals surface area contributed by atoms with Crippen LogP contribution in [0.5, 0.6) is 17.2 Å². The van der Waals surface area contributed by atoms with Crippen molar-refractivity contribution in [2.45, 2.75) is 39.7 Å². The van der Waals surface area contributed by atoms with Crippen molar-refractivity contribution in [1.82, 2.24) is 9.80 Å². The molecule has 2 aliphatic heterocycles. The number of morpholine rings is 1. The molecule has 2 aromatic carbocycles. The lowest BCUT2D eigenvalue weighted by atomic mass is 9.94. The molecule has 1 amide bonds. The van der Waals surface area contributed by atoms with Crippen molar-refractivity contribution in [2.24, 2.45) is 5.92 Å². The molecule has 0 spiro atoms. The Hall–Kier alpha value is -3.82. The van der Waals surface area contributed by atoms with Crippen molar-refractivity contribution in [3.63, 3.8) is 0 Å². The number of hydrogen-bond acceptors (Lipinski definition) is 8. The number of nitrogens with zero attached hydrogens (tertiary/aromatic N) is 2. The van der Waals surface area contributed by atoms with E-state index < -0.39 is 17.7 Å². The zero-order valence-electron chi connectivity index (χ0n) is 25.8. The highest BCUT2D eigenvalue weighted by molar-refractivity contribution is 6.46. The smallest absolute Gasteiger partial charge is 0.295 e. The second kappa shape index (κ2) is 15.1. The average Bonchev–Trinajstić information content (AvgIpc) is 3.25. The van der Waals surface area contributed by atoms with Crippen molar-refractivity contribution < 1.29 is 33.6 Å². The minimum Gasteiger partial charge on any atom is -0.507 e. The molecule has 43 heavy (non-hydrogen) atoms. The van der Waals surface area contributed by atoms with Gasteiger partial charge in [-0.15, -0.1) is 0 Å². The molecular weight excluding hydrogens is 548 g/mol. The first kappa shape index (κ1) is 32.1. The van der Waals surface area contributed by atoms with Gasteiger partial charge in [0.15, 0.2) is 11.5 Å². The largest absolute Gasteiger partial charge is 0.507 e. The van der Waals surface area contributed by atoms with E-state index in [0.29, 0.717) is 73.7 Å². The summed E-state index contributed by atoms with van der Waals surface area (Å²) in [7, 11) is 1.56. The second-order valence-corrected chi connectivity index (χ2v) is 11.3. The molecule has 2 saturated heterocycles. The molecular formula is C34H44N2O7. The molecule has 0 aromatic heterocycles. The van der Waals surface area contributed by atoms with Crippen LogP contribution < -0.4 is 14.2 Å². The maximum Gasteiger partial charge on any atom is 0.295 e. The van der Waals surface area contributed by atoms with Crippen molar-refractivity contribution in [2.75, 3.05) is 59.7 Å². The van der Waals surface area contributed by atoms with Gasteiger partial charge in [0, 0.05) is 31.7 Å². The molecule has 0 saturated carbocycles. The number of likely N-dealkylation sites (tertiary alicyclic amines) is 1. The van der Waals surface area contributed by atoms with Gasteiger partial charge in [-0.1, -0.05) is 32.6 Å². The maximum absolute atomic E-state index is 13.6. The van der Waals surface area contributed by atoms with Crippen LogP contribution in [0.25, 0.3) is 5.76 Å². The van der Waals surface area contributed by atoms with Crippen LogP contribution in [0.3, 0.4) is 0 Å². The Kier molecular flexibility index (Phi) is 11.3. The van der Waals surface area contributed by atoms with Crippen LogP contribution in [0.2, 0.25) is 0 Å². The molecule has 232 valence electrons. The predicted octanol–water partition coefficient (Wildman–Crippen LogP) is 5.14. The molecule has 1 unspecified atom stereocenters. The molecule has 9 heteroatoms. The number of Topliss-reactive ketones (excluding diaryl/α,β-unsaturated/α-hetero) is 1. The van der Waals surface area contributed by atoms with Gasteiger partial charge < -0.3 is 29.0 Å². The summed E-state index contributed by atoms with van der Waals surface area (Å²) in [6.07, 6.45) is 3.22. The third-order valence-electron chi connectivity index (χ3n) is 7.78. The molecule has 0 bridgehead atoms. The van der Waals surface area contributed by atoms with E-state index in [2.05, 4.69) is 25.3 Å². The van der Waals surface area contributed by atoms with Crippen molar-refractivity contribution in [3.8, 4) is 17.2 Å². The van der Waals surface area contributed by atoms with Gasteiger partial charge in [0.2, 0.25) is 0 Å². The minimum absolute atomic E-state index is 0.0473. The number of hydrogen-bond donors (Lipinski definition) is 1. The summed E-state index contributed by atoms with van der Waals surface area (Å²) in [5.74, 6) is 0.653. The van der Waals surface area contributed by atoms with Crippen molar-refractivity contribution >= 4 is 17.4 Å². The summed E-state index contributed by atoms with van der Waals surface area (Å²) in [5, 5.41) is 11.6. The van der Waals surface area contributed by atoms with Gasteiger partial charge >= 0.3 is 0 Å². The Morgan fingerprint density at radius 2 is 1.81 bits per heavy atom. The summed E-state index contributed by atoms with van der Waals surface area (Å²) < 4.78 is 22.8. The standard InChI is InChI=1S/C34H44N2O7/c1-6-17-42-27-10-9-26(21-24(27)4)32(37)30-31(25-8-11-28(29(22-25)40-5)43-18-12-23(2)3)36(34(39)33(30)38)14-7-13-35-15-19-41-20-16-35/h6,8-11,21-23,31,37H,1,7,12-20H2,2-5H3/b32-30+. The average molecular weight is 593 g/mol. The van der Waals surface area contributed by atoms with E-state index in [1.807, 2.05) is 13.0 Å². The number of amides is 1. The van der Waals surface area contributed by atoms with Crippen molar-refractivity contribution in [3.05, 3.63) is 71.3 Å². The summed E-state index contributed by atoms with van der Waals surface area (Å²) in [6.45, 7) is 14.9. The fourth-order valence-corrected chi connectivity index (χ4v) is 5.39. The number of benzene rings is 2. The van der Waals surface area contributed by atoms with Gasteiger partial charge in [0.25, 0.3) is 11.7 Å². The highest BCUT2D eigenvalue weighted by Gasteiger charge is 2.46. The molecule has 0 aliphatic carbocycles. The maximum atomic E-state index is 13.6. The molecule has 2 aliphatic rings. The van der Waals surface area contributed by atoms with Crippen LogP contribution in [0.1, 0.15) is 49.4 Å². The number of aliphatic hydroxyl groups excluding tert-OH is 1. The molecule has 9 nitrogen and oxygen atoms in total. The van der Waals surface area contributed by atoms with Crippen LogP contribution in [0, 0.1) is 12.8 Å². The van der Waals surface area contributed by atoms with Gasteiger partial charge in [-0.2, -0.15) is 0 Å². The molecule has 2 aromatic rings. The van der Waals surface area contributed by atoms with E-state index in [-0.39, 0.29) is 11.3 Å². The number of aliphatic hydroxyl groups is 1. The lowest BCUT2D eigenvalue weighted by molar-refractivity contribution is -0.140. The molecule has 2 fully saturated rings. The number of rotatable bonds is 14. The molecule has 2 heterocycles. The van der Waals surface area contributed by atoms with Gasteiger partial charge in [-0.3, -0.25) is 14.5 Å². The number of carbonyl (C=O) groups is 2. The first-order chi connectivity index (χ1) is 20.7. The van der Waals surface area contributed by atoms with Crippen LogP contribution in [-0.4, -0.2) is 86.3 Å². The van der Waals surface area contributed by atoms with Gasteiger partial charge in [-0.05, 0) is 67.1 Å².